The van der Waals surface area contributed by atoms with Gasteiger partial charge in [-0.1, -0.05) is 31.2 Å². The highest BCUT2D eigenvalue weighted by Crippen LogP contribution is 2.50. The van der Waals surface area contributed by atoms with Crippen LogP contribution >= 0.6 is 0 Å². The number of fused-ring (bicyclic) bond motifs is 1. The van der Waals surface area contributed by atoms with E-state index in [1.54, 1.807) is 26.0 Å². The molecule has 0 unspecified atom stereocenters. The molecule has 1 amide bonds. The first-order valence-electron chi connectivity index (χ1n) is 8.66. The third-order valence-corrected chi connectivity index (χ3v) is 4.62. The molecule has 0 aliphatic carbocycles. The summed E-state index contributed by atoms with van der Waals surface area (Å²) in [5.74, 6) is -1.49. The molecule has 1 aliphatic rings. The Bertz CT molecular complexity index is 863. The van der Waals surface area contributed by atoms with Gasteiger partial charge < -0.3 is 10.6 Å². The lowest BCUT2D eigenvalue weighted by molar-refractivity contribution is -0.291. The second-order valence-corrected chi connectivity index (χ2v) is 7.35. The van der Waals surface area contributed by atoms with Crippen LogP contribution in [0, 0.1) is 11.3 Å². The zero-order chi connectivity index (χ0) is 22.3. The largest absolute Gasteiger partial charge is 0.425 e. The molecule has 0 spiro atoms. The molecule has 0 saturated carbocycles. The van der Waals surface area contributed by atoms with Crippen molar-refractivity contribution in [2.75, 3.05) is 0 Å². The minimum atomic E-state index is -6.02. The van der Waals surface area contributed by atoms with Crippen LogP contribution in [0.4, 0.5) is 26.3 Å². The molecule has 1 aliphatic heterocycles. The molecule has 1 aromatic rings. The van der Waals surface area contributed by atoms with Crippen LogP contribution in [0.1, 0.15) is 38.3 Å². The van der Waals surface area contributed by atoms with Crippen molar-refractivity contribution in [3.05, 3.63) is 41.0 Å². The normalized spacial score (nSPS) is 18.2. The molecule has 10 heteroatoms. The number of halogens is 6. The number of amides is 1. The van der Waals surface area contributed by atoms with Gasteiger partial charge in [0, 0.05) is 17.5 Å². The van der Waals surface area contributed by atoms with Crippen molar-refractivity contribution in [2.45, 2.75) is 57.0 Å². The standard InChI is InChI=1S/C19H19F6N3O/c1-4-14(29)27-17(18(20,21)22,19(23,24)25)13(10-26)15-12-8-6-5-7-11(12)9-16(2,3)28-15/h5-8,28H,4,9H2,1-3H3,(H,27,29). The smallest absolute Gasteiger partial charge is 0.378 e. The average molecular weight is 419 g/mol. The van der Waals surface area contributed by atoms with Crippen LogP contribution in [0.15, 0.2) is 29.8 Å². The van der Waals surface area contributed by atoms with Gasteiger partial charge in [-0.25, -0.2) is 0 Å². The monoisotopic (exact) mass is 419 g/mol. The van der Waals surface area contributed by atoms with Gasteiger partial charge in [-0.15, -0.1) is 0 Å². The lowest BCUT2D eigenvalue weighted by Gasteiger charge is -2.41. The summed E-state index contributed by atoms with van der Waals surface area (Å²) in [6.07, 6.45) is -12.4. The molecule has 4 nitrogen and oxygen atoms in total. The molecule has 158 valence electrons. The fourth-order valence-corrected chi connectivity index (χ4v) is 3.31. The van der Waals surface area contributed by atoms with E-state index >= 15 is 0 Å². The molecule has 1 heterocycles. The second kappa shape index (κ2) is 7.28. The van der Waals surface area contributed by atoms with E-state index in [0.717, 1.165) is 18.3 Å². The highest BCUT2D eigenvalue weighted by Gasteiger charge is 2.75. The summed E-state index contributed by atoms with van der Waals surface area (Å²) in [6, 6.07) is 7.05. The number of nitrogens with zero attached hydrogens (tertiary/aromatic N) is 1. The Morgan fingerprint density at radius 1 is 1.17 bits per heavy atom. The van der Waals surface area contributed by atoms with Crippen molar-refractivity contribution in [3.8, 4) is 6.07 Å². The predicted molar refractivity (Wildman–Crippen MR) is 93.2 cm³/mol. The SMILES string of the molecule is CCC(=O)NC(C(C#N)=C1NC(C)(C)Cc2ccccc21)(C(F)(F)F)C(F)(F)F. The van der Waals surface area contributed by atoms with E-state index in [0.29, 0.717) is 12.0 Å². The predicted octanol–water partition coefficient (Wildman–Crippen LogP) is 4.24. The minimum Gasteiger partial charge on any atom is -0.378 e. The highest BCUT2D eigenvalue weighted by molar-refractivity contribution is 5.82. The van der Waals surface area contributed by atoms with Gasteiger partial charge in [0.25, 0.3) is 5.54 Å². The van der Waals surface area contributed by atoms with Crippen molar-refractivity contribution in [1.29, 1.82) is 5.26 Å². The summed E-state index contributed by atoms with van der Waals surface area (Å²) in [5.41, 5.74) is -7.51. The van der Waals surface area contributed by atoms with Gasteiger partial charge in [0.05, 0.1) is 11.3 Å². The molecule has 0 bridgehead atoms. The molecule has 29 heavy (non-hydrogen) atoms. The number of alkyl halides is 6. The Hall–Kier alpha value is -2.70. The number of carbonyl (C=O) groups excluding carboxylic acids is 1. The fourth-order valence-electron chi connectivity index (χ4n) is 3.31. The van der Waals surface area contributed by atoms with Crippen LogP contribution in [0.2, 0.25) is 0 Å². The van der Waals surface area contributed by atoms with Crippen LogP contribution in [-0.2, 0) is 11.2 Å². The van der Waals surface area contributed by atoms with Crippen molar-refractivity contribution in [2.24, 2.45) is 0 Å². The maximum Gasteiger partial charge on any atom is 0.425 e. The topological polar surface area (TPSA) is 64.9 Å². The molecule has 0 atom stereocenters. The first-order chi connectivity index (χ1) is 13.2. The Labute approximate surface area is 163 Å². The second-order valence-electron chi connectivity index (χ2n) is 7.35. The van der Waals surface area contributed by atoms with Crippen LogP contribution in [0.3, 0.4) is 0 Å². The maximum absolute atomic E-state index is 14.0. The molecule has 2 N–H and O–H groups in total. The van der Waals surface area contributed by atoms with Crippen LogP contribution in [0.25, 0.3) is 5.70 Å². The van der Waals surface area contributed by atoms with Crippen molar-refractivity contribution in [3.63, 3.8) is 0 Å². The Balaban J connectivity index is 2.98. The van der Waals surface area contributed by atoms with Crippen LogP contribution < -0.4 is 10.6 Å². The number of nitriles is 1. The zero-order valence-electron chi connectivity index (χ0n) is 15.8. The van der Waals surface area contributed by atoms with Crippen molar-refractivity contribution < 1.29 is 31.1 Å². The summed E-state index contributed by atoms with van der Waals surface area (Å²) in [7, 11) is 0. The van der Waals surface area contributed by atoms with Crippen LogP contribution in [-0.4, -0.2) is 29.3 Å². The molecule has 0 saturated heterocycles. The quantitative estimate of drug-likeness (QED) is 0.569. The number of carbonyl (C=O) groups is 1. The Morgan fingerprint density at radius 2 is 1.72 bits per heavy atom. The summed E-state index contributed by atoms with van der Waals surface area (Å²) in [5, 5.41) is 13.2. The number of hydrogen-bond acceptors (Lipinski definition) is 3. The van der Waals surface area contributed by atoms with E-state index in [1.807, 2.05) is 0 Å². The van der Waals surface area contributed by atoms with E-state index in [1.165, 1.54) is 12.1 Å². The van der Waals surface area contributed by atoms with Gasteiger partial charge in [0.15, 0.2) is 0 Å². The Morgan fingerprint density at radius 3 is 2.21 bits per heavy atom. The van der Waals surface area contributed by atoms with Gasteiger partial charge in [0.2, 0.25) is 5.91 Å². The summed E-state index contributed by atoms with van der Waals surface area (Å²) >= 11 is 0. The molecular weight excluding hydrogens is 400 g/mol. The number of hydrogen-bond donors (Lipinski definition) is 2. The van der Waals surface area contributed by atoms with Gasteiger partial charge >= 0.3 is 12.4 Å². The summed E-state index contributed by atoms with van der Waals surface area (Å²) in [4.78, 5) is 11.7. The number of benzene rings is 1. The van der Waals surface area contributed by atoms with Gasteiger partial charge in [-0.2, -0.15) is 31.6 Å². The van der Waals surface area contributed by atoms with Gasteiger partial charge in [-0.3, -0.25) is 4.79 Å². The summed E-state index contributed by atoms with van der Waals surface area (Å²) < 4.78 is 83.9. The molecular formula is C19H19F6N3O. The van der Waals surface area contributed by atoms with Gasteiger partial charge in [0.1, 0.15) is 6.07 Å². The van der Waals surface area contributed by atoms with E-state index in [9.17, 15) is 36.4 Å². The van der Waals surface area contributed by atoms with E-state index in [-0.39, 0.29) is 5.56 Å². The lowest BCUT2D eigenvalue weighted by atomic mass is 9.79. The third kappa shape index (κ3) is 3.91. The first-order valence-corrected chi connectivity index (χ1v) is 8.66. The number of nitrogens with one attached hydrogen (secondary N) is 2. The van der Waals surface area contributed by atoms with E-state index in [4.69, 9.17) is 0 Å². The first kappa shape index (κ1) is 22.6. The summed E-state index contributed by atoms with van der Waals surface area (Å²) in [6.45, 7) is 4.29. The van der Waals surface area contributed by atoms with Crippen molar-refractivity contribution in [1.82, 2.24) is 10.6 Å². The molecule has 2 rings (SSSR count). The fraction of sp³-hybridized carbons (Fsp3) is 0.474. The molecule has 0 radical (unpaired) electrons. The highest BCUT2D eigenvalue weighted by atomic mass is 19.4. The van der Waals surface area contributed by atoms with E-state index in [2.05, 4.69) is 5.32 Å². The zero-order valence-corrected chi connectivity index (χ0v) is 15.8. The third-order valence-electron chi connectivity index (χ3n) is 4.62. The molecule has 0 aromatic heterocycles. The van der Waals surface area contributed by atoms with Crippen LogP contribution in [0.5, 0.6) is 0 Å². The molecule has 0 fully saturated rings. The van der Waals surface area contributed by atoms with Gasteiger partial charge in [-0.05, 0) is 25.8 Å². The number of rotatable bonds is 3. The maximum atomic E-state index is 14.0. The minimum absolute atomic E-state index is 0.0481. The Kier molecular flexibility index (Phi) is 5.67. The van der Waals surface area contributed by atoms with E-state index < -0.39 is 47.0 Å². The van der Waals surface area contributed by atoms with Crippen molar-refractivity contribution >= 4 is 11.6 Å². The molecule has 1 aromatic carbocycles. The average Bonchev–Trinajstić information content (AvgIpc) is 2.58. The lowest BCUT2D eigenvalue weighted by Crippen LogP contribution is -2.69.